The maximum absolute atomic E-state index is 12.2. The van der Waals surface area contributed by atoms with Gasteiger partial charge in [0.05, 0.1) is 11.1 Å². The van der Waals surface area contributed by atoms with Crippen LogP contribution in [0.3, 0.4) is 0 Å². The van der Waals surface area contributed by atoms with E-state index in [1.807, 2.05) is 18.7 Å². The molecule has 0 saturated carbocycles. The topological polar surface area (TPSA) is 55.6 Å². The Morgan fingerprint density at radius 2 is 2.16 bits per heavy atom. The number of carbonyl (C=O) groups is 1. The summed E-state index contributed by atoms with van der Waals surface area (Å²) in [4.78, 5) is 14.6. The van der Waals surface area contributed by atoms with E-state index in [2.05, 4.69) is 0 Å². The Hall–Kier alpha value is -0.680. The third-order valence-corrected chi connectivity index (χ3v) is 3.70. The van der Waals surface area contributed by atoms with E-state index in [9.17, 15) is 4.79 Å². The van der Waals surface area contributed by atoms with Gasteiger partial charge in [-0.15, -0.1) is 0 Å². The second kappa shape index (κ2) is 8.48. The highest BCUT2D eigenvalue weighted by Gasteiger charge is 2.20. The molecule has 0 bridgehead atoms. The minimum atomic E-state index is 0.181. The summed E-state index contributed by atoms with van der Waals surface area (Å²) < 4.78 is 5.66. The smallest absolute Gasteiger partial charge is 0.222 e. The van der Waals surface area contributed by atoms with Crippen LogP contribution in [0.15, 0.2) is 0 Å². The van der Waals surface area contributed by atoms with E-state index in [1.165, 1.54) is 6.42 Å². The van der Waals surface area contributed by atoms with Gasteiger partial charge in [-0.2, -0.15) is 0 Å². The van der Waals surface area contributed by atoms with Gasteiger partial charge >= 0.3 is 0 Å². The summed E-state index contributed by atoms with van der Waals surface area (Å²) in [6.07, 6.45) is 5.70. The van der Waals surface area contributed by atoms with E-state index in [1.54, 1.807) is 0 Å². The van der Waals surface area contributed by atoms with Crippen molar-refractivity contribution < 1.29 is 9.53 Å². The molecule has 19 heavy (non-hydrogen) atoms. The van der Waals surface area contributed by atoms with Gasteiger partial charge in [-0.3, -0.25) is 4.79 Å². The number of nitrogens with two attached hydrogens (primary N) is 1. The molecule has 1 aliphatic rings. The van der Waals surface area contributed by atoms with E-state index in [-0.39, 0.29) is 18.1 Å². The number of ether oxygens (including phenoxy) is 1. The number of thiocarbonyl (C=S) groups is 1. The Kier molecular flexibility index (Phi) is 7.31. The van der Waals surface area contributed by atoms with Crippen molar-refractivity contribution in [3.8, 4) is 0 Å². The summed E-state index contributed by atoms with van der Waals surface area (Å²) in [5, 5.41) is 0. The zero-order valence-electron chi connectivity index (χ0n) is 12.1. The summed E-state index contributed by atoms with van der Waals surface area (Å²) in [7, 11) is 0. The highest BCUT2D eigenvalue weighted by molar-refractivity contribution is 7.80. The average Bonchev–Trinajstić information content (AvgIpc) is 2.37. The van der Waals surface area contributed by atoms with Gasteiger partial charge in [0, 0.05) is 32.0 Å². The SMILES string of the molecule is CC(C)N(CCC(N)=S)C(=O)CCC1CCCCO1. The van der Waals surface area contributed by atoms with Crippen molar-refractivity contribution in [2.24, 2.45) is 5.73 Å². The first kappa shape index (κ1) is 16.4. The Morgan fingerprint density at radius 3 is 2.68 bits per heavy atom. The molecule has 2 N–H and O–H groups in total. The van der Waals surface area contributed by atoms with Gasteiger partial charge < -0.3 is 15.4 Å². The van der Waals surface area contributed by atoms with E-state index >= 15 is 0 Å². The summed E-state index contributed by atoms with van der Waals surface area (Å²) in [5.74, 6) is 0.181. The molecule has 110 valence electrons. The number of carbonyl (C=O) groups excluding carboxylic acids is 1. The number of amides is 1. The monoisotopic (exact) mass is 286 g/mol. The average molecular weight is 286 g/mol. The Morgan fingerprint density at radius 1 is 1.42 bits per heavy atom. The van der Waals surface area contributed by atoms with Gasteiger partial charge in [-0.25, -0.2) is 0 Å². The number of rotatable bonds is 7. The fraction of sp³-hybridized carbons (Fsp3) is 0.857. The van der Waals surface area contributed by atoms with E-state index < -0.39 is 0 Å². The van der Waals surface area contributed by atoms with Crippen LogP contribution in [0.1, 0.15) is 52.4 Å². The predicted octanol–water partition coefficient (Wildman–Crippen LogP) is 2.25. The second-order valence-corrected chi connectivity index (χ2v) is 5.95. The van der Waals surface area contributed by atoms with E-state index in [4.69, 9.17) is 22.7 Å². The maximum atomic E-state index is 12.2. The van der Waals surface area contributed by atoms with Gasteiger partial charge in [0.2, 0.25) is 5.91 Å². The normalized spacial score (nSPS) is 19.4. The van der Waals surface area contributed by atoms with Crippen LogP contribution in [-0.4, -0.2) is 41.1 Å². The number of hydrogen-bond acceptors (Lipinski definition) is 3. The van der Waals surface area contributed by atoms with Gasteiger partial charge in [0.1, 0.15) is 0 Å². The van der Waals surface area contributed by atoms with Crippen LogP contribution >= 0.6 is 12.2 Å². The van der Waals surface area contributed by atoms with Crippen molar-refractivity contribution in [1.82, 2.24) is 4.90 Å². The summed E-state index contributed by atoms with van der Waals surface area (Å²) >= 11 is 4.87. The summed E-state index contributed by atoms with van der Waals surface area (Å²) in [6, 6.07) is 0.189. The van der Waals surface area contributed by atoms with Crippen LogP contribution < -0.4 is 5.73 Å². The molecule has 1 aliphatic heterocycles. The van der Waals surface area contributed by atoms with E-state index in [0.29, 0.717) is 24.4 Å². The van der Waals surface area contributed by atoms with Crippen LogP contribution in [-0.2, 0) is 9.53 Å². The van der Waals surface area contributed by atoms with Gasteiger partial charge in [0.25, 0.3) is 0 Å². The molecule has 0 aromatic heterocycles. The molecule has 0 radical (unpaired) electrons. The van der Waals surface area contributed by atoms with Crippen molar-refractivity contribution >= 4 is 23.1 Å². The van der Waals surface area contributed by atoms with Gasteiger partial charge in [-0.05, 0) is 39.5 Å². The summed E-state index contributed by atoms with van der Waals surface area (Å²) in [5.41, 5.74) is 5.51. The van der Waals surface area contributed by atoms with Gasteiger partial charge in [-0.1, -0.05) is 12.2 Å². The van der Waals surface area contributed by atoms with Crippen molar-refractivity contribution in [2.75, 3.05) is 13.2 Å². The molecule has 1 fully saturated rings. The first-order valence-corrected chi connectivity index (χ1v) is 7.61. The molecular formula is C14H26N2O2S. The lowest BCUT2D eigenvalue weighted by Gasteiger charge is -2.28. The van der Waals surface area contributed by atoms with Crippen molar-refractivity contribution in [3.63, 3.8) is 0 Å². The molecule has 1 rings (SSSR count). The lowest BCUT2D eigenvalue weighted by atomic mass is 10.0. The lowest BCUT2D eigenvalue weighted by Crippen LogP contribution is -2.39. The molecular weight excluding hydrogens is 260 g/mol. The minimum absolute atomic E-state index is 0.181. The Labute approximate surface area is 121 Å². The Bertz CT molecular complexity index is 302. The van der Waals surface area contributed by atoms with Crippen molar-refractivity contribution in [1.29, 1.82) is 0 Å². The van der Waals surface area contributed by atoms with Crippen molar-refractivity contribution in [3.05, 3.63) is 0 Å². The molecule has 0 aromatic carbocycles. The van der Waals surface area contributed by atoms with Crippen molar-refractivity contribution in [2.45, 2.75) is 64.5 Å². The fourth-order valence-electron chi connectivity index (χ4n) is 2.36. The molecule has 1 heterocycles. The second-order valence-electron chi connectivity index (χ2n) is 5.42. The van der Waals surface area contributed by atoms with Gasteiger partial charge in [0.15, 0.2) is 0 Å². The third-order valence-electron chi connectivity index (χ3n) is 3.50. The molecule has 5 heteroatoms. The zero-order valence-corrected chi connectivity index (χ0v) is 12.9. The highest BCUT2D eigenvalue weighted by Crippen LogP contribution is 2.18. The largest absolute Gasteiger partial charge is 0.393 e. The van der Waals surface area contributed by atoms with E-state index in [0.717, 1.165) is 25.9 Å². The lowest BCUT2D eigenvalue weighted by molar-refractivity contribution is -0.133. The quantitative estimate of drug-likeness (QED) is 0.729. The zero-order chi connectivity index (χ0) is 14.3. The summed E-state index contributed by atoms with van der Waals surface area (Å²) in [6.45, 7) is 5.51. The number of nitrogens with zero attached hydrogens (tertiary/aromatic N) is 1. The molecule has 1 amide bonds. The molecule has 0 spiro atoms. The fourth-order valence-corrected chi connectivity index (χ4v) is 2.46. The highest BCUT2D eigenvalue weighted by atomic mass is 32.1. The third kappa shape index (κ3) is 6.34. The Balaban J connectivity index is 2.36. The predicted molar refractivity (Wildman–Crippen MR) is 81.1 cm³/mol. The molecule has 1 atom stereocenters. The van der Waals surface area contributed by atoms with Crippen LogP contribution in [0.5, 0.6) is 0 Å². The van der Waals surface area contributed by atoms with Crippen LogP contribution in [0, 0.1) is 0 Å². The molecule has 4 nitrogen and oxygen atoms in total. The number of hydrogen-bond donors (Lipinski definition) is 1. The molecule has 0 aliphatic carbocycles. The molecule has 1 unspecified atom stereocenters. The molecule has 1 saturated heterocycles. The minimum Gasteiger partial charge on any atom is -0.393 e. The first-order chi connectivity index (χ1) is 9.00. The first-order valence-electron chi connectivity index (χ1n) is 7.20. The van der Waals surface area contributed by atoms with Crippen LogP contribution in [0.2, 0.25) is 0 Å². The standard InChI is InChI=1S/C14H26N2O2S/c1-11(2)16(9-8-13(15)19)14(17)7-6-12-5-3-4-10-18-12/h11-12H,3-10H2,1-2H3,(H2,15,19). The molecule has 0 aromatic rings. The maximum Gasteiger partial charge on any atom is 0.222 e. The van der Waals surface area contributed by atoms with Crippen LogP contribution in [0.25, 0.3) is 0 Å². The van der Waals surface area contributed by atoms with Crippen LogP contribution in [0.4, 0.5) is 0 Å².